The number of anilines is 1. The van der Waals surface area contributed by atoms with E-state index in [1.807, 2.05) is 12.1 Å². The number of benzene rings is 3. The number of fused-ring (bicyclic) bond motifs is 1. The molecule has 0 radical (unpaired) electrons. The van der Waals surface area contributed by atoms with Crippen LogP contribution in [-0.2, 0) is 0 Å². The van der Waals surface area contributed by atoms with Crippen molar-refractivity contribution < 1.29 is 9.59 Å². The Bertz CT molecular complexity index is 1250. The summed E-state index contributed by atoms with van der Waals surface area (Å²) in [7, 11) is 0. The highest BCUT2D eigenvalue weighted by Crippen LogP contribution is 2.32. The Kier molecular flexibility index (Phi) is 2.88. The lowest BCUT2D eigenvalue weighted by atomic mass is 9.94. The summed E-state index contributed by atoms with van der Waals surface area (Å²) in [6.45, 7) is 0. The van der Waals surface area contributed by atoms with Crippen LogP contribution < -0.4 is 10.3 Å². The Morgan fingerprint density at radius 1 is 0.731 bits per heavy atom. The molecule has 0 saturated heterocycles. The Balaban J connectivity index is 1.78. The van der Waals surface area contributed by atoms with E-state index < -0.39 is 11.8 Å². The fourth-order valence-electron chi connectivity index (χ4n) is 3.55. The van der Waals surface area contributed by atoms with E-state index in [2.05, 4.69) is 4.98 Å². The lowest BCUT2D eigenvalue weighted by Crippen LogP contribution is -2.41. The van der Waals surface area contributed by atoms with Crippen molar-refractivity contribution in [2.24, 2.45) is 0 Å². The van der Waals surface area contributed by atoms with Crippen molar-refractivity contribution in [2.75, 3.05) is 4.90 Å². The van der Waals surface area contributed by atoms with Crippen LogP contribution >= 0.6 is 0 Å². The van der Waals surface area contributed by atoms with Crippen molar-refractivity contribution in [3.8, 4) is 0 Å². The molecule has 0 spiro atoms. The van der Waals surface area contributed by atoms with Crippen LogP contribution in [0.3, 0.4) is 0 Å². The highest BCUT2D eigenvalue weighted by molar-refractivity contribution is 6.35. The number of para-hydroxylation sites is 1. The molecule has 0 fully saturated rings. The van der Waals surface area contributed by atoms with Gasteiger partial charge in [0.25, 0.3) is 11.8 Å². The van der Waals surface area contributed by atoms with E-state index in [1.54, 1.807) is 48.5 Å². The molecule has 2 heterocycles. The number of pyridine rings is 1. The number of hydrogen-bond donors (Lipinski definition) is 1. The van der Waals surface area contributed by atoms with E-state index in [-0.39, 0.29) is 11.2 Å². The van der Waals surface area contributed by atoms with Crippen LogP contribution in [0.2, 0.25) is 0 Å². The summed E-state index contributed by atoms with van der Waals surface area (Å²) in [5, 5.41) is 2.01. The number of nitrogens with zero attached hydrogens (tertiary/aromatic N) is 1. The number of imide groups is 1. The SMILES string of the molecule is O=C1c2cccc3cccc(c23)C(=O)N1c1cc(=O)c2ccccc2[nH]1. The summed E-state index contributed by atoms with van der Waals surface area (Å²) in [6.07, 6.45) is 0. The fourth-order valence-corrected chi connectivity index (χ4v) is 3.55. The second-order valence-corrected chi connectivity index (χ2v) is 6.22. The summed E-state index contributed by atoms with van der Waals surface area (Å²) in [6, 6.07) is 19.0. The highest BCUT2D eigenvalue weighted by Gasteiger charge is 2.34. The Labute approximate surface area is 147 Å². The van der Waals surface area contributed by atoms with Gasteiger partial charge in [0.2, 0.25) is 0 Å². The van der Waals surface area contributed by atoms with E-state index >= 15 is 0 Å². The number of carbonyl (C=O) groups excluding carboxylic acids is 2. The van der Waals surface area contributed by atoms with Gasteiger partial charge in [-0.1, -0.05) is 36.4 Å². The zero-order chi connectivity index (χ0) is 17.8. The van der Waals surface area contributed by atoms with Crippen LogP contribution in [0.1, 0.15) is 20.7 Å². The molecule has 1 aliphatic rings. The van der Waals surface area contributed by atoms with Gasteiger partial charge in [0, 0.05) is 28.0 Å². The second-order valence-electron chi connectivity index (χ2n) is 6.22. The Hall–Kier alpha value is -3.73. The number of hydrogen-bond acceptors (Lipinski definition) is 3. The van der Waals surface area contributed by atoms with E-state index in [9.17, 15) is 14.4 Å². The second kappa shape index (κ2) is 5.13. The summed E-state index contributed by atoms with van der Waals surface area (Å²) in [4.78, 5) is 42.6. The predicted molar refractivity (Wildman–Crippen MR) is 99.7 cm³/mol. The smallest absolute Gasteiger partial charge is 0.267 e. The Morgan fingerprint density at radius 3 is 2.08 bits per heavy atom. The first-order valence-corrected chi connectivity index (χ1v) is 8.18. The average molecular weight is 340 g/mol. The normalized spacial score (nSPS) is 13.6. The number of rotatable bonds is 1. The fraction of sp³-hybridized carbons (Fsp3) is 0. The first-order chi connectivity index (χ1) is 12.6. The lowest BCUT2D eigenvalue weighted by molar-refractivity contribution is 0.0892. The molecule has 2 amide bonds. The minimum absolute atomic E-state index is 0.176. The van der Waals surface area contributed by atoms with E-state index in [0.29, 0.717) is 27.4 Å². The van der Waals surface area contributed by atoms with Gasteiger partial charge in [-0.05, 0) is 29.7 Å². The van der Waals surface area contributed by atoms with Gasteiger partial charge in [0.15, 0.2) is 5.43 Å². The van der Waals surface area contributed by atoms with Crippen molar-refractivity contribution in [3.05, 3.63) is 88.1 Å². The Morgan fingerprint density at radius 2 is 1.38 bits per heavy atom. The number of aromatic amines is 1. The molecule has 1 N–H and O–H groups in total. The molecule has 124 valence electrons. The molecule has 5 heteroatoms. The van der Waals surface area contributed by atoms with Crippen molar-refractivity contribution in [1.82, 2.24) is 4.98 Å². The van der Waals surface area contributed by atoms with Crippen LogP contribution in [0, 0.1) is 0 Å². The van der Waals surface area contributed by atoms with Gasteiger partial charge in [-0.15, -0.1) is 0 Å². The monoisotopic (exact) mass is 340 g/mol. The van der Waals surface area contributed by atoms with Gasteiger partial charge >= 0.3 is 0 Å². The standard InChI is InChI=1S/C21H12N2O3/c24-17-11-18(22-16-10-2-1-7-13(16)17)23-20(25)14-8-3-5-12-6-4-9-15(19(12)14)21(23)26/h1-11H,(H,22,24). The molecular weight excluding hydrogens is 328 g/mol. The minimum atomic E-state index is -0.440. The van der Waals surface area contributed by atoms with Gasteiger partial charge < -0.3 is 4.98 Å². The number of nitrogens with one attached hydrogen (secondary N) is 1. The van der Waals surface area contributed by atoms with Crippen LogP contribution in [0.4, 0.5) is 5.82 Å². The third kappa shape index (κ3) is 1.88. The molecule has 1 aliphatic heterocycles. The predicted octanol–water partition coefficient (Wildman–Crippen LogP) is 3.48. The highest BCUT2D eigenvalue weighted by atomic mass is 16.2. The summed E-state index contributed by atoms with van der Waals surface area (Å²) < 4.78 is 0. The van der Waals surface area contributed by atoms with Crippen LogP contribution in [0.5, 0.6) is 0 Å². The third-order valence-electron chi connectivity index (χ3n) is 4.74. The number of H-pyrrole nitrogens is 1. The molecule has 0 bridgehead atoms. The van der Waals surface area contributed by atoms with Gasteiger partial charge in [-0.2, -0.15) is 0 Å². The number of aromatic nitrogens is 1. The van der Waals surface area contributed by atoms with E-state index in [4.69, 9.17) is 0 Å². The zero-order valence-electron chi connectivity index (χ0n) is 13.5. The van der Waals surface area contributed by atoms with Crippen molar-refractivity contribution >= 4 is 39.3 Å². The summed E-state index contributed by atoms with van der Waals surface area (Å²) in [5.41, 5.74) is 1.23. The van der Waals surface area contributed by atoms with E-state index in [0.717, 1.165) is 10.3 Å². The summed E-state index contributed by atoms with van der Waals surface area (Å²) in [5.74, 6) is -0.703. The maximum absolute atomic E-state index is 13.0. The molecule has 0 unspecified atom stereocenters. The molecule has 5 rings (SSSR count). The van der Waals surface area contributed by atoms with Crippen LogP contribution in [-0.4, -0.2) is 16.8 Å². The van der Waals surface area contributed by atoms with Gasteiger partial charge in [0.05, 0.1) is 5.52 Å². The number of carbonyl (C=O) groups is 2. The van der Waals surface area contributed by atoms with E-state index in [1.165, 1.54) is 6.07 Å². The molecule has 5 nitrogen and oxygen atoms in total. The maximum Gasteiger partial charge on any atom is 0.267 e. The zero-order valence-corrected chi connectivity index (χ0v) is 13.5. The van der Waals surface area contributed by atoms with Crippen molar-refractivity contribution in [2.45, 2.75) is 0 Å². The number of amides is 2. The molecule has 3 aromatic carbocycles. The molecule has 1 aromatic heterocycles. The largest absolute Gasteiger partial charge is 0.340 e. The topological polar surface area (TPSA) is 70.2 Å². The quantitative estimate of drug-likeness (QED) is 0.539. The van der Waals surface area contributed by atoms with Crippen LogP contribution in [0.25, 0.3) is 21.7 Å². The molecule has 0 saturated carbocycles. The lowest BCUT2D eigenvalue weighted by Gasteiger charge is -2.26. The maximum atomic E-state index is 13.0. The van der Waals surface area contributed by atoms with Gasteiger partial charge in [0.1, 0.15) is 5.82 Å². The summed E-state index contributed by atoms with van der Waals surface area (Å²) >= 11 is 0. The van der Waals surface area contributed by atoms with Crippen LogP contribution in [0.15, 0.2) is 71.5 Å². The first kappa shape index (κ1) is 14.6. The van der Waals surface area contributed by atoms with Gasteiger partial charge in [-0.3, -0.25) is 14.4 Å². The molecule has 0 aliphatic carbocycles. The molecule has 26 heavy (non-hydrogen) atoms. The molecule has 4 aromatic rings. The average Bonchev–Trinajstić information content (AvgIpc) is 2.66. The van der Waals surface area contributed by atoms with Crippen molar-refractivity contribution in [1.29, 1.82) is 0 Å². The van der Waals surface area contributed by atoms with Crippen molar-refractivity contribution in [3.63, 3.8) is 0 Å². The third-order valence-corrected chi connectivity index (χ3v) is 4.74. The van der Waals surface area contributed by atoms with Gasteiger partial charge in [-0.25, -0.2) is 4.90 Å². The first-order valence-electron chi connectivity index (χ1n) is 8.18. The molecular formula is C21H12N2O3. The minimum Gasteiger partial charge on any atom is -0.340 e. The molecule has 0 atom stereocenters.